The van der Waals surface area contributed by atoms with E-state index in [9.17, 15) is 21.6 Å². The molecule has 0 bridgehead atoms. The van der Waals surface area contributed by atoms with Crippen LogP contribution in [0.1, 0.15) is 43.0 Å². The lowest BCUT2D eigenvalue weighted by molar-refractivity contribution is -0.497. The van der Waals surface area contributed by atoms with Crippen molar-refractivity contribution in [2.24, 2.45) is 0 Å². The van der Waals surface area contributed by atoms with Gasteiger partial charge in [0, 0.05) is 11.6 Å². The molecule has 0 saturated heterocycles. The van der Waals surface area contributed by atoms with Crippen molar-refractivity contribution >= 4 is 37.3 Å². The summed E-state index contributed by atoms with van der Waals surface area (Å²) in [5.74, 6) is 0. The highest BCUT2D eigenvalue weighted by Gasteiger charge is 2.39. The second-order valence-corrected chi connectivity index (χ2v) is 13.1. The maximum atomic E-state index is 12.7. The van der Waals surface area contributed by atoms with Crippen molar-refractivity contribution in [2.75, 3.05) is 6.54 Å². The molecule has 2 heterocycles. The average Bonchev–Trinajstić information content (AvgIpc) is 3.23. The fraction of sp³-hybridized carbons (Fsp3) is 0.421. The van der Waals surface area contributed by atoms with Crippen LogP contribution < -0.4 is 10.0 Å². The van der Waals surface area contributed by atoms with Gasteiger partial charge in [-0.25, -0.2) is 31.2 Å². The van der Waals surface area contributed by atoms with Crippen molar-refractivity contribution in [3.05, 3.63) is 47.0 Å². The van der Waals surface area contributed by atoms with Crippen LogP contribution in [0.15, 0.2) is 38.8 Å². The van der Waals surface area contributed by atoms with Crippen LogP contribution >= 0.6 is 11.3 Å². The van der Waals surface area contributed by atoms with E-state index in [0.717, 1.165) is 0 Å². The summed E-state index contributed by atoms with van der Waals surface area (Å²) < 4.78 is 57.4. The molecule has 1 aromatic heterocycles. The zero-order valence-electron chi connectivity index (χ0n) is 18.3. The van der Waals surface area contributed by atoms with Crippen molar-refractivity contribution in [2.45, 2.75) is 53.2 Å². The van der Waals surface area contributed by atoms with Crippen molar-refractivity contribution < 1.29 is 41.6 Å². The molecule has 0 saturated carbocycles. The van der Waals surface area contributed by atoms with E-state index in [0.29, 0.717) is 41.0 Å². The minimum Gasteiger partial charge on any atom is -0.444 e. The van der Waals surface area contributed by atoms with E-state index >= 15 is 0 Å². The Hall–Kier alpha value is -2.11. The van der Waals surface area contributed by atoms with Gasteiger partial charge in [-0.05, 0) is 37.1 Å². The van der Waals surface area contributed by atoms with E-state index in [1.807, 2.05) is 6.92 Å². The Balaban J connectivity index is 1.67. The van der Waals surface area contributed by atoms with Gasteiger partial charge in [-0.15, -0.1) is 11.3 Å². The molecule has 188 valence electrons. The number of thiophene rings is 1. The number of carbonyl (C=O) groups excluding carboxylic acids is 1. The summed E-state index contributed by atoms with van der Waals surface area (Å²) in [6, 6.07) is 7.33. The Morgan fingerprint density at radius 1 is 1.21 bits per heavy atom. The Bertz CT molecular complexity index is 1230. The second kappa shape index (κ2) is 10.7. The third-order valence-electron chi connectivity index (χ3n) is 5.11. The van der Waals surface area contributed by atoms with E-state index in [1.165, 1.54) is 6.07 Å². The minimum absolute atomic E-state index is 0.0134. The fourth-order valence-corrected chi connectivity index (χ4v) is 8.26. The molecule has 1 amide bonds. The third kappa shape index (κ3) is 6.11. The van der Waals surface area contributed by atoms with Gasteiger partial charge < -0.3 is 10.1 Å². The summed E-state index contributed by atoms with van der Waals surface area (Å²) in [5.41, 5.74) is 1.53. The summed E-state index contributed by atoms with van der Waals surface area (Å²) in [5, 5.41) is 19.2. The molecular weight excluding hydrogens is 510 g/mol. The summed E-state index contributed by atoms with van der Waals surface area (Å²) in [6.07, 6.45) is -0.896. The molecule has 0 spiro atoms. The number of carbonyl (C=O) groups is 1. The van der Waals surface area contributed by atoms with E-state index in [2.05, 4.69) is 10.2 Å². The molecule has 1 aromatic carbocycles. The Morgan fingerprint density at radius 2 is 1.82 bits per heavy atom. The Kier molecular flexibility index (Phi) is 8.30. The van der Waals surface area contributed by atoms with Crippen LogP contribution in [0.3, 0.4) is 0 Å². The van der Waals surface area contributed by atoms with Crippen molar-refractivity contribution in [1.29, 1.82) is 0 Å². The summed E-state index contributed by atoms with van der Waals surface area (Å²) >= 11 is 0.610. The molecule has 4 N–H and O–H groups in total. The van der Waals surface area contributed by atoms with Crippen molar-refractivity contribution in [3.8, 4) is 0 Å². The molecule has 2 atom stereocenters. The van der Waals surface area contributed by atoms with Gasteiger partial charge >= 0.3 is 6.09 Å². The minimum atomic E-state index is -4.35. The Morgan fingerprint density at radius 3 is 2.41 bits per heavy atom. The van der Waals surface area contributed by atoms with Crippen LogP contribution in [0.5, 0.6) is 0 Å². The van der Waals surface area contributed by atoms with E-state index < -0.39 is 36.6 Å². The largest absolute Gasteiger partial charge is 0.444 e. The number of sulfone groups is 1. The molecular formula is C19H25N3O9S3. The third-order valence-corrected chi connectivity index (χ3v) is 10.8. The molecule has 0 aliphatic carbocycles. The molecule has 1 aliphatic heterocycles. The highest BCUT2D eigenvalue weighted by molar-refractivity contribution is 7.95. The standard InChI is InChI=1S/C19H25N3O9S3/c1-3-20-16-8-12(2)33(26,27)18-15(16)9-17(32-18)34(28,29)21-19(23)30-10-13-4-6-14(7-5-13)11-31-22(24)25/h4-7,9,12,16,20,24-25H,3,8,10-11H2,1-2H3,(H,21,23)/t12?,16-/m0/s1. The van der Waals surface area contributed by atoms with Gasteiger partial charge in [0.1, 0.15) is 15.0 Å². The number of nitrogens with zero attached hydrogens (tertiary/aromatic N) is 1. The molecule has 1 aliphatic rings. The van der Waals surface area contributed by atoms with Gasteiger partial charge in [-0.3, -0.25) is 10.4 Å². The van der Waals surface area contributed by atoms with Crippen LogP contribution in [0.25, 0.3) is 0 Å². The lowest BCUT2D eigenvalue weighted by Gasteiger charge is -2.27. The summed E-state index contributed by atoms with van der Waals surface area (Å²) in [6.45, 7) is 3.69. The highest BCUT2D eigenvalue weighted by Crippen LogP contribution is 2.42. The van der Waals surface area contributed by atoms with E-state index in [4.69, 9.17) is 15.2 Å². The molecule has 15 heteroatoms. The zero-order chi connectivity index (χ0) is 25.1. The lowest BCUT2D eigenvalue weighted by Crippen LogP contribution is -2.33. The average molecular weight is 536 g/mol. The van der Waals surface area contributed by atoms with Crippen LogP contribution in [0.4, 0.5) is 4.79 Å². The first-order valence-corrected chi connectivity index (χ1v) is 14.0. The number of benzene rings is 1. The number of hydrogen-bond acceptors (Lipinski definition) is 12. The first-order valence-electron chi connectivity index (χ1n) is 10.1. The maximum absolute atomic E-state index is 12.7. The predicted molar refractivity (Wildman–Crippen MR) is 119 cm³/mol. The van der Waals surface area contributed by atoms with Crippen LogP contribution in [-0.2, 0) is 42.6 Å². The van der Waals surface area contributed by atoms with Crippen molar-refractivity contribution in [1.82, 2.24) is 15.4 Å². The van der Waals surface area contributed by atoms with Gasteiger partial charge in [0.05, 0.1) is 17.2 Å². The fourth-order valence-electron chi connectivity index (χ4n) is 3.37. The van der Waals surface area contributed by atoms with Gasteiger partial charge in [-0.1, -0.05) is 31.2 Å². The topological polar surface area (TPSA) is 172 Å². The van der Waals surface area contributed by atoms with E-state index in [1.54, 1.807) is 35.9 Å². The predicted octanol–water partition coefficient (Wildman–Crippen LogP) is 2.09. The quantitative estimate of drug-likeness (QED) is 0.346. The molecule has 34 heavy (non-hydrogen) atoms. The first-order chi connectivity index (χ1) is 15.9. The molecule has 12 nitrogen and oxygen atoms in total. The van der Waals surface area contributed by atoms with Crippen LogP contribution in [0, 0.1) is 0 Å². The smallest absolute Gasteiger partial charge is 0.421 e. The SMILES string of the molecule is CCN[C@H]1CC(C)S(=O)(=O)c2sc(S(=O)(=O)NC(=O)OCc3ccc(CON(O)O)cc3)cc21. The Labute approximate surface area is 200 Å². The van der Waals surface area contributed by atoms with Gasteiger partial charge in [0.25, 0.3) is 10.0 Å². The number of sulfonamides is 1. The number of fused-ring (bicyclic) bond motifs is 1. The van der Waals surface area contributed by atoms with Gasteiger partial charge in [0.2, 0.25) is 0 Å². The van der Waals surface area contributed by atoms with E-state index in [-0.39, 0.29) is 27.7 Å². The van der Waals surface area contributed by atoms with Crippen molar-refractivity contribution in [3.63, 3.8) is 0 Å². The lowest BCUT2D eigenvalue weighted by atomic mass is 10.1. The second-order valence-electron chi connectivity index (χ2n) is 7.53. The zero-order valence-corrected chi connectivity index (χ0v) is 20.7. The van der Waals surface area contributed by atoms with Crippen LogP contribution in [-0.4, -0.2) is 50.5 Å². The summed E-state index contributed by atoms with van der Waals surface area (Å²) in [7, 11) is -8.02. The normalized spacial score (nSPS) is 19.6. The molecule has 1 unspecified atom stereocenters. The van der Waals surface area contributed by atoms with Crippen LogP contribution in [0.2, 0.25) is 0 Å². The summed E-state index contributed by atoms with van der Waals surface area (Å²) in [4.78, 5) is 16.6. The monoisotopic (exact) mass is 535 g/mol. The first kappa shape index (κ1) is 26.5. The molecule has 2 aromatic rings. The number of nitrogens with one attached hydrogen (secondary N) is 2. The number of hydrogen-bond donors (Lipinski definition) is 4. The molecule has 0 fully saturated rings. The maximum Gasteiger partial charge on any atom is 0.421 e. The number of ether oxygens (including phenoxy) is 1. The highest BCUT2D eigenvalue weighted by atomic mass is 32.3. The van der Waals surface area contributed by atoms with Gasteiger partial charge in [0.15, 0.2) is 9.84 Å². The molecule has 3 rings (SSSR count). The number of amides is 1. The van der Waals surface area contributed by atoms with Gasteiger partial charge in [-0.2, -0.15) is 0 Å². The molecule has 0 radical (unpaired) electrons. The number of rotatable bonds is 9.